The van der Waals surface area contributed by atoms with Crippen molar-refractivity contribution in [1.29, 1.82) is 0 Å². The minimum Gasteiger partial charge on any atom is -0.463 e. The second-order valence-electron chi connectivity index (χ2n) is 17.4. The maximum absolute atomic E-state index is 14.3. The van der Waals surface area contributed by atoms with Gasteiger partial charge in [-0.2, -0.15) is 0 Å². The molecule has 3 fully saturated rings. The molecule has 1 saturated heterocycles. The number of rotatable bonds is 11. The molecule has 0 aromatic rings. The van der Waals surface area contributed by atoms with Crippen molar-refractivity contribution in [3.63, 3.8) is 0 Å². The monoisotopic (exact) mass is 647 g/mol. The van der Waals surface area contributed by atoms with Crippen molar-refractivity contribution in [2.75, 3.05) is 13.2 Å². The largest absolute Gasteiger partial charge is 0.463 e. The smallest absolute Gasteiger partial charge is 0.315 e. The van der Waals surface area contributed by atoms with E-state index in [9.17, 15) is 28.8 Å². The SMILES string of the molecule is CC(C)(C)C(=O)OC[C@H](NC(=O)N[C@H](C(=O)N1CC2C([C@H]1C(=O)NC(CC1CCC1)C(=O)C(N)=O)C2(C)C)C(C)(C)C)C(C)(C)C. The van der Waals surface area contributed by atoms with Crippen LogP contribution in [0.15, 0.2) is 0 Å². The number of carbonyl (C=O) groups excluding carboxylic acids is 6. The highest BCUT2D eigenvalue weighted by molar-refractivity contribution is 6.37. The second-order valence-corrected chi connectivity index (χ2v) is 17.4. The molecule has 12 heteroatoms. The number of carbonyl (C=O) groups is 6. The molecule has 5 amide bonds. The molecule has 3 unspecified atom stereocenters. The number of likely N-dealkylation sites (tertiary alicyclic amines) is 1. The summed E-state index contributed by atoms with van der Waals surface area (Å²) in [6.07, 6.45) is 3.20. The minimum atomic E-state index is -1.10. The lowest BCUT2D eigenvalue weighted by molar-refractivity contribution is -0.154. The van der Waals surface area contributed by atoms with Crippen LogP contribution in [0.1, 0.15) is 102 Å². The Morgan fingerprint density at radius 2 is 1.48 bits per heavy atom. The summed E-state index contributed by atoms with van der Waals surface area (Å²) >= 11 is 0. The average Bonchev–Trinajstić information content (AvgIpc) is 3.19. The molecule has 46 heavy (non-hydrogen) atoms. The number of Topliss-reactive ketones (excluding diaryl/α,β-unsaturated/α-hetero) is 1. The Kier molecular flexibility index (Phi) is 10.6. The first-order valence-electron chi connectivity index (χ1n) is 16.6. The fourth-order valence-electron chi connectivity index (χ4n) is 6.56. The number of piperidine rings is 1. The second kappa shape index (κ2) is 13.1. The van der Waals surface area contributed by atoms with Crippen molar-refractivity contribution >= 4 is 35.5 Å². The molecule has 0 aromatic heterocycles. The van der Waals surface area contributed by atoms with Gasteiger partial charge in [-0.15, -0.1) is 0 Å². The molecule has 5 N–H and O–H groups in total. The first-order chi connectivity index (χ1) is 20.9. The van der Waals surface area contributed by atoms with Crippen molar-refractivity contribution in [3.8, 4) is 0 Å². The molecule has 6 atom stereocenters. The number of nitrogens with two attached hydrogens (primary N) is 1. The molecular formula is C34H57N5O7. The van der Waals surface area contributed by atoms with Crippen molar-refractivity contribution in [2.24, 2.45) is 45.1 Å². The molecule has 0 radical (unpaired) electrons. The Morgan fingerprint density at radius 3 is 1.93 bits per heavy atom. The lowest BCUT2D eigenvalue weighted by Gasteiger charge is -2.39. The number of esters is 1. The van der Waals surface area contributed by atoms with E-state index in [2.05, 4.69) is 29.8 Å². The average molecular weight is 648 g/mol. The highest BCUT2D eigenvalue weighted by Gasteiger charge is 2.70. The number of hydrogen-bond acceptors (Lipinski definition) is 7. The van der Waals surface area contributed by atoms with E-state index in [4.69, 9.17) is 10.5 Å². The third kappa shape index (κ3) is 8.39. The first kappa shape index (κ1) is 37.3. The van der Waals surface area contributed by atoms with Gasteiger partial charge in [0.15, 0.2) is 0 Å². The zero-order chi connectivity index (χ0) is 35.2. The summed E-state index contributed by atoms with van der Waals surface area (Å²) in [5.74, 6) is -3.07. The van der Waals surface area contributed by atoms with Crippen molar-refractivity contribution < 1.29 is 33.5 Å². The summed E-state index contributed by atoms with van der Waals surface area (Å²) in [5.41, 5.74) is 3.23. The molecule has 260 valence electrons. The van der Waals surface area contributed by atoms with Crippen LogP contribution in [-0.4, -0.2) is 77.7 Å². The van der Waals surface area contributed by atoms with Crippen LogP contribution in [0.2, 0.25) is 0 Å². The molecule has 1 aliphatic heterocycles. The van der Waals surface area contributed by atoms with E-state index in [1.807, 2.05) is 41.5 Å². The fourth-order valence-corrected chi connectivity index (χ4v) is 6.56. The molecule has 3 aliphatic rings. The number of amides is 5. The number of primary amides is 1. The van der Waals surface area contributed by atoms with Crippen LogP contribution in [-0.2, 0) is 28.7 Å². The van der Waals surface area contributed by atoms with E-state index in [-0.39, 0.29) is 35.7 Å². The van der Waals surface area contributed by atoms with E-state index in [0.717, 1.165) is 19.3 Å². The number of ether oxygens (including phenoxy) is 1. The number of urea groups is 1. The predicted molar refractivity (Wildman–Crippen MR) is 173 cm³/mol. The Hall–Kier alpha value is -3.18. The Labute approximate surface area is 274 Å². The van der Waals surface area contributed by atoms with Crippen molar-refractivity contribution in [1.82, 2.24) is 20.9 Å². The zero-order valence-corrected chi connectivity index (χ0v) is 29.7. The lowest BCUT2D eigenvalue weighted by atomic mass is 9.80. The summed E-state index contributed by atoms with van der Waals surface area (Å²) in [5, 5.41) is 8.54. The van der Waals surface area contributed by atoms with Gasteiger partial charge in [0.2, 0.25) is 17.6 Å². The van der Waals surface area contributed by atoms with Gasteiger partial charge in [0.05, 0.1) is 17.5 Å². The lowest BCUT2D eigenvalue weighted by Crippen LogP contribution is -2.62. The third-order valence-electron chi connectivity index (χ3n) is 10.2. The molecule has 0 aromatic carbocycles. The van der Waals surface area contributed by atoms with Gasteiger partial charge in [0.1, 0.15) is 18.7 Å². The summed E-state index contributed by atoms with van der Waals surface area (Å²) in [6.45, 7) is 20.9. The number of hydrogen-bond donors (Lipinski definition) is 4. The summed E-state index contributed by atoms with van der Waals surface area (Å²) in [4.78, 5) is 80.1. The summed E-state index contributed by atoms with van der Waals surface area (Å²) < 4.78 is 5.52. The van der Waals surface area contributed by atoms with Crippen molar-refractivity contribution in [2.45, 2.75) is 126 Å². The van der Waals surface area contributed by atoms with Crippen molar-refractivity contribution in [3.05, 3.63) is 0 Å². The minimum absolute atomic E-state index is 0.0417. The molecule has 12 nitrogen and oxygen atoms in total. The Bertz CT molecular complexity index is 1220. The van der Waals surface area contributed by atoms with Crippen LogP contribution < -0.4 is 21.7 Å². The van der Waals surface area contributed by atoms with Gasteiger partial charge >= 0.3 is 12.0 Å². The van der Waals surface area contributed by atoms with Gasteiger partial charge in [-0.1, -0.05) is 74.7 Å². The Morgan fingerprint density at radius 1 is 0.891 bits per heavy atom. The first-order valence-corrected chi connectivity index (χ1v) is 16.6. The van der Waals surface area contributed by atoms with Crippen LogP contribution in [0.4, 0.5) is 4.79 Å². The van der Waals surface area contributed by atoms with E-state index >= 15 is 0 Å². The van der Waals surface area contributed by atoms with Gasteiger partial charge in [-0.25, -0.2) is 4.79 Å². The molecule has 3 rings (SSSR count). The quantitative estimate of drug-likeness (QED) is 0.197. The number of nitrogens with one attached hydrogen (secondary N) is 3. The fraction of sp³-hybridized carbons (Fsp3) is 0.824. The van der Waals surface area contributed by atoms with Gasteiger partial charge in [0.25, 0.3) is 5.91 Å². The van der Waals surface area contributed by atoms with E-state index in [1.165, 1.54) is 4.90 Å². The van der Waals surface area contributed by atoms with Crippen LogP contribution in [0.3, 0.4) is 0 Å². The predicted octanol–water partition coefficient (Wildman–Crippen LogP) is 2.92. The number of ketones is 1. The van der Waals surface area contributed by atoms with E-state index in [1.54, 1.807) is 20.8 Å². The molecular weight excluding hydrogens is 590 g/mol. The highest BCUT2D eigenvalue weighted by atomic mass is 16.5. The zero-order valence-electron chi connectivity index (χ0n) is 29.7. The summed E-state index contributed by atoms with van der Waals surface area (Å²) in [6, 6.07) is -4.07. The standard InChI is InChI=1S/C34H57N5O7/c1-31(2,3)21(17-46-29(44)33(7,8)9)37-30(45)38-25(32(4,5)6)28(43)39-16-19-22(34(19,10)11)23(39)27(42)36-20(24(40)26(35)41)15-18-13-12-14-18/h18-23,25H,12-17H2,1-11H3,(H2,35,41)(H,36,42)(H2,37,38,45)/t19?,20?,21-,22?,23-,25+/m0/s1. The third-order valence-corrected chi connectivity index (χ3v) is 10.2. The number of nitrogens with zero attached hydrogens (tertiary/aromatic N) is 1. The van der Waals surface area contributed by atoms with Gasteiger partial charge in [0, 0.05) is 6.54 Å². The van der Waals surface area contributed by atoms with E-state index in [0.29, 0.717) is 13.0 Å². The number of fused-ring (bicyclic) bond motifs is 1. The molecule has 2 saturated carbocycles. The normalized spacial score (nSPS) is 24.4. The molecule has 0 bridgehead atoms. The summed E-state index contributed by atoms with van der Waals surface area (Å²) in [7, 11) is 0. The molecule has 1 heterocycles. The topological polar surface area (TPSA) is 177 Å². The van der Waals surface area contributed by atoms with Crippen LogP contribution in [0.5, 0.6) is 0 Å². The van der Waals surface area contributed by atoms with E-state index < -0.39 is 69.9 Å². The van der Waals surface area contributed by atoms with Crippen LogP contribution >= 0.6 is 0 Å². The molecule has 2 aliphatic carbocycles. The Balaban J connectivity index is 1.80. The van der Waals surface area contributed by atoms with Gasteiger partial charge in [-0.05, 0) is 61.2 Å². The van der Waals surface area contributed by atoms with Gasteiger partial charge in [-0.3, -0.25) is 24.0 Å². The molecule has 0 spiro atoms. The van der Waals surface area contributed by atoms with Crippen LogP contribution in [0, 0.1) is 39.4 Å². The maximum Gasteiger partial charge on any atom is 0.315 e. The maximum atomic E-state index is 14.3. The van der Waals surface area contributed by atoms with Crippen LogP contribution in [0.25, 0.3) is 0 Å². The van der Waals surface area contributed by atoms with Gasteiger partial charge < -0.3 is 31.3 Å². The highest BCUT2D eigenvalue weighted by Crippen LogP contribution is 2.65.